The Hall–Kier alpha value is -2.77. The van der Waals surface area contributed by atoms with Gasteiger partial charge in [-0.15, -0.1) is 0 Å². The molecule has 0 aliphatic carbocycles. The summed E-state index contributed by atoms with van der Waals surface area (Å²) in [4.78, 5) is 17.3. The second kappa shape index (κ2) is 8.16. The van der Waals surface area contributed by atoms with E-state index < -0.39 is 10.0 Å². The van der Waals surface area contributed by atoms with Gasteiger partial charge in [0.1, 0.15) is 0 Å². The average molecular weight is 424 g/mol. The highest BCUT2D eigenvalue weighted by molar-refractivity contribution is 7.89. The first kappa shape index (κ1) is 20.5. The number of nitrogens with zero attached hydrogens (tertiary/aromatic N) is 2. The highest BCUT2D eigenvalue weighted by Gasteiger charge is 2.31. The molecule has 156 valence electrons. The standard InChI is InChI=1S/C23H25N3O3S/c1-16-13-17(2)15-26(14-16)30(28,29)19-9-7-18(8-10-19)25-23(27)21-11-12-24-22-6-4-3-5-20(21)22/h3-12,16-17H,13-15H2,1-2H3,(H,25,27). The van der Waals surface area contributed by atoms with E-state index in [0.29, 0.717) is 36.2 Å². The van der Waals surface area contributed by atoms with Crippen LogP contribution in [0.25, 0.3) is 10.9 Å². The zero-order valence-electron chi connectivity index (χ0n) is 17.1. The number of carbonyl (C=O) groups excluding carboxylic acids is 1. The lowest BCUT2D eigenvalue weighted by molar-refractivity contribution is 0.102. The van der Waals surface area contributed by atoms with Crippen LogP contribution in [0.2, 0.25) is 0 Å². The lowest BCUT2D eigenvalue weighted by Gasteiger charge is -2.34. The molecular weight excluding hydrogens is 398 g/mol. The van der Waals surface area contributed by atoms with Crippen LogP contribution in [0.5, 0.6) is 0 Å². The van der Waals surface area contributed by atoms with Crippen LogP contribution < -0.4 is 5.32 Å². The van der Waals surface area contributed by atoms with Crippen LogP contribution in [0, 0.1) is 11.8 Å². The highest BCUT2D eigenvalue weighted by Crippen LogP contribution is 2.27. The lowest BCUT2D eigenvalue weighted by Crippen LogP contribution is -2.42. The number of pyridine rings is 1. The molecule has 0 radical (unpaired) electrons. The molecular formula is C23H25N3O3S. The van der Waals surface area contributed by atoms with Gasteiger partial charge in [-0.3, -0.25) is 9.78 Å². The van der Waals surface area contributed by atoms with Crippen LogP contribution in [-0.2, 0) is 10.0 Å². The van der Waals surface area contributed by atoms with Gasteiger partial charge in [0.2, 0.25) is 10.0 Å². The number of carbonyl (C=O) groups is 1. The third kappa shape index (κ3) is 4.08. The summed E-state index contributed by atoms with van der Waals surface area (Å²) in [6.45, 7) is 5.25. The summed E-state index contributed by atoms with van der Waals surface area (Å²) in [6.07, 6.45) is 2.65. The van der Waals surface area contributed by atoms with Crippen LogP contribution in [0.15, 0.2) is 65.7 Å². The van der Waals surface area contributed by atoms with Gasteiger partial charge in [0.15, 0.2) is 0 Å². The predicted molar refractivity (Wildman–Crippen MR) is 118 cm³/mol. The van der Waals surface area contributed by atoms with Crippen LogP contribution in [-0.4, -0.2) is 36.7 Å². The van der Waals surface area contributed by atoms with Gasteiger partial charge in [0.05, 0.1) is 16.0 Å². The molecule has 0 saturated carbocycles. The molecule has 2 unspecified atom stereocenters. The van der Waals surface area contributed by atoms with Gasteiger partial charge < -0.3 is 5.32 Å². The SMILES string of the molecule is CC1CC(C)CN(S(=O)(=O)c2ccc(NC(=O)c3ccnc4ccccc34)cc2)C1. The van der Waals surface area contributed by atoms with E-state index in [1.165, 1.54) is 0 Å². The van der Waals surface area contributed by atoms with Crippen LogP contribution in [0.3, 0.4) is 0 Å². The second-order valence-corrected chi connectivity index (χ2v) is 10.1. The Morgan fingerprint density at radius 3 is 2.37 bits per heavy atom. The summed E-state index contributed by atoms with van der Waals surface area (Å²) in [6, 6.07) is 15.5. The smallest absolute Gasteiger partial charge is 0.256 e. The van der Waals surface area contributed by atoms with Gasteiger partial charge >= 0.3 is 0 Å². The molecule has 7 heteroatoms. The maximum Gasteiger partial charge on any atom is 0.256 e. The third-order valence-electron chi connectivity index (χ3n) is 5.48. The molecule has 3 aromatic rings. The van der Waals surface area contributed by atoms with Crippen molar-refractivity contribution >= 4 is 32.5 Å². The Labute approximate surface area is 177 Å². The van der Waals surface area contributed by atoms with E-state index in [9.17, 15) is 13.2 Å². The molecule has 0 bridgehead atoms. The Morgan fingerprint density at radius 1 is 1.00 bits per heavy atom. The number of fused-ring (bicyclic) bond motifs is 1. The molecule has 0 spiro atoms. The number of piperidine rings is 1. The quantitative estimate of drug-likeness (QED) is 0.684. The number of hydrogen-bond donors (Lipinski definition) is 1. The predicted octanol–water partition coefficient (Wildman–Crippen LogP) is 4.15. The van der Waals surface area contributed by atoms with E-state index in [1.54, 1.807) is 40.8 Å². The lowest BCUT2D eigenvalue weighted by atomic mass is 9.94. The molecule has 1 saturated heterocycles. The molecule has 1 aromatic heterocycles. The zero-order valence-corrected chi connectivity index (χ0v) is 17.9. The fourth-order valence-corrected chi connectivity index (χ4v) is 5.83. The minimum absolute atomic E-state index is 0.246. The molecule has 1 aliphatic heterocycles. The number of aromatic nitrogens is 1. The van der Waals surface area contributed by atoms with Gasteiger partial charge in [0, 0.05) is 30.4 Å². The van der Waals surface area contributed by atoms with Gasteiger partial charge in [-0.1, -0.05) is 32.0 Å². The average Bonchev–Trinajstić information content (AvgIpc) is 2.73. The van der Waals surface area contributed by atoms with Crippen LogP contribution >= 0.6 is 0 Å². The number of amides is 1. The van der Waals surface area contributed by atoms with Crippen LogP contribution in [0.1, 0.15) is 30.6 Å². The van der Waals surface area contributed by atoms with Crippen molar-refractivity contribution in [2.45, 2.75) is 25.2 Å². The number of hydrogen-bond acceptors (Lipinski definition) is 4. The maximum absolute atomic E-state index is 13.0. The Balaban J connectivity index is 1.53. The van der Waals surface area contributed by atoms with E-state index in [1.807, 2.05) is 24.3 Å². The number of benzene rings is 2. The van der Waals surface area contributed by atoms with E-state index in [-0.39, 0.29) is 10.8 Å². The molecule has 1 amide bonds. The normalized spacial score (nSPS) is 20.2. The summed E-state index contributed by atoms with van der Waals surface area (Å²) < 4.78 is 27.6. The summed E-state index contributed by atoms with van der Waals surface area (Å²) in [5, 5.41) is 3.62. The number of sulfonamides is 1. The van der Waals surface area contributed by atoms with Gasteiger partial charge in [-0.05, 0) is 54.7 Å². The molecule has 1 N–H and O–H groups in total. The van der Waals surface area contributed by atoms with E-state index in [0.717, 1.165) is 17.3 Å². The van der Waals surface area contributed by atoms with Crippen molar-refractivity contribution in [2.24, 2.45) is 11.8 Å². The first-order chi connectivity index (χ1) is 14.3. The monoisotopic (exact) mass is 423 g/mol. The molecule has 2 heterocycles. The second-order valence-electron chi connectivity index (χ2n) is 8.12. The number of rotatable bonds is 4. The topological polar surface area (TPSA) is 79.4 Å². The van der Waals surface area contributed by atoms with Crippen molar-refractivity contribution < 1.29 is 13.2 Å². The Morgan fingerprint density at radius 2 is 1.67 bits per heavy atom. The summed E-state index contributed by atoms with van der Waals surface area (Å²) in [7, 11) is -3.54. The minimum Gasteiger partial charge on any atom is -0.322 e. The summed E-state index contributed by atoms with van der Waals surface area (Å²) in [5.41, 5.74) is 1.81. The fourth-order valence-electron chi connectivity index (χ4n) is 4.15. The Kier molecular flexibility index (Phi) is 5.58. The summed E-state index contributed by atoms with van der Waals surface area (Å²) in [5.74, 6) is 0.428. The zero-order chi connectivity index (χ0) is 21.3. The molecule has 30 heavy (non-hydrogen) atoms. The first-order valence-electron chi connectivity index (χ1n) is 10.1. The molecule has 1 aliphatic rings. The van der Waals surface area contributed by atoms with Crippen molar-refractivity contribution in [3.05, 3.63) is 66.4 Å². The molecule has 6 nitrogen and oxygen atoms in total. The molecule has 4 rings (SSSR count). The van der Waals surface area contributed by atoms with E-state index >= 15 is 0 Å². The third-order valence-corrected chi connectivity index (χ3v) is 7.32. The van der Waals surface area contributed by atoms with Crippen molar-refractivity contribution in [1.29, 1.82) is 0 Å². The van der Waals surface area contributed by atoms with Crippen LogP contribution in [0.4, 0.5) is 5.69 Å². The fraction of sp³-hybridized carbons (Fsp3) is 0.304. The van der Waals surface area contributed by atoms with E-state index in [4.69, 9.17) is 0 Å². The number of para-hydroxylation sites is 1. The highest BCUT2D eigenvalue weighted by atomic mass is 32.2. The van der Waals surface area contributed by atoms with Crippen molar-refractivity contribution in [1.82, 2.24) is 9.29 Å². The molecule has 1 fully saturated rings. The van der Waals surface area contributed by atoms with Gasteiger partial charge in [0.25, 0.3) is 5.91 Å². The maximum atomic E-state index is 13.0. The first-order valence-corrected chi connectivity index (χ1v) is 11.5. The number of anilines is 1. The Bertz CT molecular complexity index is 1160. The summed E-state index contributed by atoms with van der Waals surface area (Å²) >= 11 is 0. The van der Waals surface area contributed by atoms with E-state index in [2.05, 4.69) is 24.1 Å². The molecule has 2 atom stereocenters. The minimum atomic E-state index is -3.54. The largest absolute Gasteiger partial charge is 0.322 e. The molecule has 2 aromatic carbocycles. The van der Waals surface area contributed by atoms with Crippen molar-refractivity contribution in [2.75, 3.05) is 18.4 Å². The van der Waals surface area contributed by atoms with Crippen molar-refractivity contribution in [3.63, 3.8) is 0 Å². The number of nitrogens with one attached hydrogen (secondary N) is 1. The van der Waals surface area contributed by atoms with Gasteiger partial charge in [-0.25, -0.2) is 8.42 Å². The van der Waals surface area contributed by atoms with Crippen molar-refractivity contribution in [3.8, 4) is 0 Å². The van der Waals surface area contributed by atoms with Gasteiger partial charge in [-0.2, -0.15) is 4.31 Å².